The number of nitrogens with one attached hydrogen (secondary N) is 2. The van der Waals surface area contributed by atoms with Gasteiger partial charge in [-0.2, -0.15) is 0 Å². The number of hydrogen-bond acceptors (Lipinski definition) is 8. The van der Waals surface area contributed by atoms with Crippen molar-refractivity contribution in [3.63, 3.8) is 0 Å². The van der Waals surface area contributed by atoms with E-state index in [0.29, 0.717) is 11.8 Å². The van der Waals surface area contributed by atoms with E-state index in [4.69, 9.17) is 25.9 Å². The van der Waals surface area contributed by atoms with Crippen molar-refractivity contribution in [2.75, 3.05) is 18.5 Å². The van der Waals surface area contributed by atoms with Gasteiger partial charge in [-0.15, -0.1) is 0 Å². The number of carbonyl (C=O) groups excluding carboxylic acids is 2. The van der Waals surface area contributed by atoms with Crippen LogP contribution in [0.15, 0.2) is 58.0 Å². The number of anilines is 1. The molecule has 1 aromatic heterocycles. The number of Topliss-reactive ketones (excluding diaryl/α,β-unsaturated/α-hetero) is 1. The van der Waals surface area contributed by atoms with Crippen LogP contribution in [0.4, 0.5) is 14.5 Å². The van der Waals surface area contributed by atoms with E-state index in [1.165, 1.54) is 12.3 Å². The normalized spacial score (nSPS) is 12.2. The summed E-state index contributed by atoms with van der Waals surface area (Å²) in [4.78, 5) is 24.6. The molecule has 0 bridgehead atoms. The van der Waals surface area contributed by atoms with Gasteiger partial charge in [0.15, 0.2) is 5.78 Å². The number of hydrogen-bond donors (Lipinski definition) is 3. The van der Waals surface area contributed by atoms with Gasteiger partial charge in [0.25, 0.3) is 0 Å². The first kappa shape index (κ1) is 28.3. The van der Waals surface area contributed by atoms with Crippen molar-refractivity contribution >= 4 is 39.1 Å². The number of carbonyl (C=O) groups is 2. The first-order chi connectivity index (χ1) is 17.4. The fourth-order valence-corrected chi connectivity index (χ4v) is 4.41. The Bertz CT molecular complexity index is 1360. The minimum absolute atomic E-state index is 0.0447. The van der Waals surface area contributed by atoms with Gasteiger partial charge in [0, 0.05) is 30.6 Å². The molecule has 0 saturated carbocycles. The molecule has 2 aromatic carbocycles. The predicted molar refractivity (Wildman–Crippen MR) is 132 cm³/mol. The Balaban J connectivity index is 1.61. The maximum atomic E-state index is 13.3. The number of benzene rings is 2. The second-order valence-electron chi connectivity index (χ2n) is 8.09. The number of halogens is 3. The number of sulfonamides is 1. The first-order valence-electron chi connectivity index (χ1n) is 11.0. The highest BCUT2D eigenvalue weighted by atomic mass is 35.5. The third kappa shape index (κ3) is 8.09. The third-order valence-electron chi connectivity index (χ3n) is 5.13. The van der Waals surface area contributed by atoms with E-state index < -0.39 is 44.3 Å². The fourth-order valence-electron chi connectivity index (χ4n) is 3.31. The summed E-state index contributed by atoms with van der Waals surface area (Å²) in [6, 6.07) is 7.84. The Kier molecular flexibility index (Phi) is 9.38. The van der Waals surface area contributed by atoms with Crippen LogP contribution in [0, 0.1) is 11.6 Å². The second-order valence-corrected chi connectivity index (χ2v) is 10.0. The molecule has 3 rings (SSSR count). The molecule has 3 aromatic rings. The summed E-state index contributed by atoms with van der Waals surface area (Å²) < 4.78 is 60.9. The highest BCUT2D eigenvalue weighted by molar-refractivity contribution is 7.89. The SMILES string of the molecule is C[C@H](COC(=O)c1cc(S(N)(=O)=O)c(Cl)cc1NCc1ccco1)NCCC(=O)c1cc(F)cc(F)c1. The van der Waals surface area contributed by atoms with Gasteiger partial charge < -0.3 is 19.8 Å². The van der Waals surface area contributed by atoms with Crippen LogP contribution in [-0.4, -0.2) is 39.4 Å². The molecule has 0 fully saturated rings. The summed E-state index contributed by atoms with van der Waals surface area (Å²) in [5.74, 6) is -2.44. The van der Waals surface area contributed by atoms with Crippen LogP contribution in [0.25, 0.3) is 0 Å². The number of ketones is 1. The zero-order chi connectivity index (χ0) is 27.2. The van der Waals surface area contributed by atoms with Gasteiger partial charge in [0.1, 0.15) is 28.9 Å². The lowest BCUT2D eigenvalue weighted by molar-refractivity contribution is 0.0472. The van der Waals surface area contributed by atoms with Crippen molar-refractivity contribution in [3.8, 4) is 0 Å². The number of primary sulfonamides is 1. The Morgan fingerprint density at radius 2 is 1.86 bits per heavy atom. The third-order valence-corrected chi connectivity index (χ3v) is 6.50. The van der Waals surface area contributed by atoms with Crippen molar-refractivity contribution in [2.24, 2.45) is 5.14 Å². The molecule has 0 saturated heterocycles. The van der Waals surface area contributed by atoms with Gasteiger partial charge in [-0.05, 0) is 43.3 Å². The smallest absolute Gasteiger partial charge is 0.340 e. The largest absolute Gasteiger partial charge is 0.467 e. The first-order valence-corrected chi connectivity index (χ1v) is 12.9. The molecule has 13 heteroatoms. The van der Waals surface area contributed by atoms with Gasteiger partial charge in [-0.3, -0.25) is 4.79 Å². The topological polar surface area (TPSA) is 141 Å². The van der Waals surface area contributed by atoms with E-state index in [-0.39, 0.29) is 48.0 Å². The number of rotatable bonds is 12. The molecule has 9 nitrogen and oxygen atoms in total. The highest BCUT2D eigenvalue weighted by Gasteiger charge is 2.22. The average Bonchev–Trinajstić information content (AvgIpc) is 3.33. The van der Waals surface area contributed by atoms with Gasteiger partial charge in [-0.25, -0.2) is 27.1 Å². The summed E-state index contributed by atoms with van der Waals surface area (Å²) in [6.07, 6.45) is 1.43. The van der Waals surface area contributed by atoms with E-state index in [2.05, 4.69) is 10.6 Å². The molecule has 0 radical (unpaired) electrons. The van der Waals surface area contributed by atoms with Crippen molar-refractivity contribution in [1.29, 1.82) is 0 Å². The standard InChI is InChI=1S/C24H24ClF2N3O6S/c1-14(29-5-4-22(31)15-7-16(26)9-17(27)8-15)13-36-24(32)19-10-23(37(28,33)34)20(25)11-21(19)30-12-18-3-2-6-35-18/h2-3,6-11,14,29-30H,4-5,12-13H2,1H3,(H2,28,33,34)/t14-/m1/s1. The van der Waals surface area contributed by atoms with E-state index in [1.54, 1.807) is 19.1 Å². The molecule has 1 atom stereocenters. The molecule has 0 aliphatic heterocycles. The summed E-state index contributed by atoms with van der Waals surface area (Å²) in [5, 5.41) is 11.0. The predicted octanol–water partition coefficient (Wildman–Crippen LogP) is 3.88. The summed E-state index contributed by atoms with van der Waals surface area (Å²) in [6.45, 7) is 1.89. The molecule has 0 spiro atoms. The Hall–Kier alpha value is -3.32. The van der Waals surface area contributed by atoms with Crippen molar-refractivity contribution in [2.45, 2.75) is 30.8 Å². The van der Waals surface area contributed by atoms with Crippen LogP contribution in [0.2, 0.25) is 5.02 Å². The number of furan rings is 1. The van der Waals surface area contributed by atoms with Crippen LogP contribution in [-0.2, 0) is 21.3 Å². The van der Waals surface area contributed by atoms with Gasteiger partial charge in [0.05, 0.1) is 29.1 Å². The molecule has 0 amide bonds. The van der Waals surface area contributed by atoms with Crippen LogP contribution in [0.1, 0.15) is 39.8 Å². The fraction of sp³-hybridized carbons (Fsp3) is 0.250. The Morgan fingerprint density at radius 1 is 1.16 bits per heavy atom. The van der Waals surface area contributed by atoms with Crippen LogP contribution >= 0.6 is 11.6 Å². The van der Waals surface area contributed by atoms with Crippen LogP contribution < -0.4 is 15.8 Å². The molecule has 4 N–H and O–H groups in total. The van der Waals surface area contributed by atoms with Gasteiger partial charge >= 0.3 is 5.97 Å². The molecule has 0 unspecified atom stereocenters. The molecule has 1 heterocycles. The lowest BCUT2D eigenvalue weighted by atomic mass is 10.1. The molecular formula is C24H24ClF2N3O6S. The molecular weight excluding hydrogens is 532 g/mol. The minimum Gasteiger partial charge on any atom is -0.467 e. The van der Waals surface area contributed by atoms with Crippen LogP contribution in [0.3, 0.4) is 0 Å². The number of esters is 1. The molecule has 0 aliphatic carbocycles. The molecule has 0 aliphatic rings. The Morgan fingerprint density at radius 3 is 2.49 bits per heavy atom. The monoisotopic (exact) mass is 555 g/mol. The molecule has 198 valence electrons. The summed E-state index contributed by atoms with van der Waals surface area (Å²) in [7, 11) is -4.22. The zero-order valence-electron chi connectivity index (χ0n) is 19.6. The quantitative estimate of drug-likeness (QED) is 0.226. The van der Waals surface area contributed by atoms with E-state index in [9.17, 15) is 26.8 Å². The lowest BCUT2D eigenvalue weighted by Gasteiger charge is -2.16. The summed E-state index contributed by atoms with van der Waals surface area (Å²) in [5.41, 5.74) is 0.00387. The van der Waals surface area contributed by atoms with Crippen molar-refractivity contribution in [1.82, 2.24) is 5.32 Å². The van der Waals surface area contributed by atoms with Gasteiger partial charge in [-0.1, -0.05) is 11.6 Å². The maximum Gasteiger partial charge on any atom is 0.340 e. The maximum absolute atomic E-state index is 13.3. The van der Waals surface area contributed by atoms with E-state index >= 15 is 0 Å². The van der Waals surface area contributed by atoms with Gasteiger partial charge in [0.2, 0.25) is 10.0 Å². The van der Waals surface area contributed by atoms with Crippen molar-refractivity contribution in [3.05, 3.63) is 82.3 Å². The molecule has 37 heavy (non-hydrogen) atoms. The average molecular weight is 556 g/mol. The zero-order valence-corrected chi connectivity index (χ0v) is 21.2. The number of nitrogens with two attached hydrogens (primary N) is 1. The second kappa shape index (κ2) is 12.3. The van der Waals surface area contributed by atoms with Crippen LogP contribution in [0.5, 0.6) is 0 Å². The Labute approximate surface area is 217 Å². The lowest BCUT2D eigenvalue weighted by Crippen LogP contribution is -2.33. The summed E-state index contributed by atoms with van der Waals surface area (Å²) >= 11 is 6.07. The van der Waals surface area contributed by atoms with E-state index in [0.717, 1.165) is 18.2 Å². The van der Waals surface area contributed by atoms with Crippen molar-refractivity contribution < 1.29 is 35.9 Å². The van der Waals surface area contributed by atoms with E-state index in [1.807, 2.05) is 0 Å². The number of ether oxygens (including phenoxy) is 1. The highest BCUT2D eigenvalue weighted by Crippen LogP contribution is 2.29. The minimum atomic E-state index is -4.22.